The van der Waals surface area contributed by atoms with Crippen molar-refractivity contribution in [3.63, 3.8) is 0 Å². The van der Waals surface area contributed by atoms with Gasteiger partial charge in [-0.1, -0.05) is 19.1 Å². The molecule has 1 aliphatic carbocycles. The van der Waals surface area contributed by atoms with Crippen molar-refractivity contribution in [2.75, 3.05) is 47.4 Å². The highest BCUT2D eigenvalue weighted by Gasteiger charge is 2.38. The molecule has 0 saturated carbocycles. The Morgan fingerprint density at radius 2 is 2.00 bits per heavy atom. The molecule has 3 rings (SSSR count). The molecule has 9 heteroatoms. The molecule has 190 valence electrons. The summed E-state index contributed by atoms with van der Waals surface area (Å²) in [7, 11) is 1.56. The van der Waals surface area contributed by atoms with Crippen LogP contribution in [0.4, 0.5) is 0 Å². The monoisotopic (exact) mass is 493 g/mol. The number of fused-ring (bicyclic) bond motifs is 1. The van der Waals surface area contributed by atoms with Gasteiger partial charge in [0.2, 0.25) is 15.9 Å². The molecule has 1 heterocycles. The maximum Gasteiger partial charge on any atom is 0.247 e. The molecule has 1 amide bonds. The maximum absolute atomic E-state index is 13.6. The number of carbonyl (C=O) groups is 1. The highest BCUT2D eigenvalue weighted by molar-refractivity contribution is 7.89. The fraction of sp³-hybridized carbons (Fsp3) is 0.640. The van der Waals surface area contributed by atoms with Crippen LogP contribution >= 0.6 is 0 Å². The zero-order valence-corrected chi connectivity index (χ0v) is 21.8. The van der Waals surface area contributed by atoms with E-state index in [4.69, 9.17) is 4.74 Å². The van der Waals surface area contributed by atoms with E-state index >= 15 is 0 Å². The zero-order chi connectivity index (χ0) is 25.0. The summed E-state index contributed by atoms with van der Waals surface area (Å²) in [6.45, 7) is 4.17. The van der Waals surface area contributed by atoms with Crippen molar-refractivity contribution in [2.45, 2.75) is 56.6 Å². The summed E-state index contributed by atoms with van der Waals surface area (Å²) < 4.78 is 35.0. The van der Waals surface area contributed by atoms with E-state index in [2.05, 4.69) is 6.08 Å². The predicted molar refractivity (Wildman–Crippen MR) is 133 cm³/mol. The third-order valence-corrected chi connectivity index (χ3v) is 8.68. The summed E-state index contributed by atoms with van der Waals surface area (Å²) in [5.74, 6) is 0.0746. The molecular weight excluding hydrogens is 454 g/mol. The predicted octanol–water partition coefficient (Wildman–Crippen LogP) is 2.43. The number of hydrogen-bond acceptors (Lipinski definition) is 6. The van der Waals surface area contributed by atoms with E-state index in [9.17, 15) is 18.3 Å². The lowest BCUT2D eigenvalue weighted by Gasteiger charge is -2.37. The molecule has 8 nitrogen and oxygen atoms in total. The van der Waals surface area contributed by atoms with E-state index in [1.165, 1.54) is 16.3 Å². The largest absolute Gasteiger partial charge is 0.487 e. The summed E-state index contributed by atoms with van der Waals surface area (Å²) in [5.41, 5.74) is 2.18. The van der Waals surface area contributed by atoms with E-state index in [1.54, 1.807) is 24.9 Å². The Balaban J connectivity index is 2.03. The van der Waals surface area contributed by atoms with E-state index in [0.29, 0.717) is 12.3 Å². The molecule has 0 spiro atoms. The molecule has 0 unspecified atom stereocenters. The number of sulfonamides is 1. The SMILES string of the molecule is C[C@H](CO)N1C[C@H](C)[C@@H](CN(C)C(=O)CN(C)C)Oc2cc(C3=CCCCC3)ccc2S1(=O)=O. The maximum atomic E-state index is 13.6. The number of nitrogens with zero attached hydrogens (tertiary/aromatic N) is 3. The van der Waals surface area contributed by atoms with Gasteiger partial charge in [-0.25, -0.2) is 8.42 Å². The standard InChI is InChI=1S/C25H39N3O5S/c1-18-14-28(19(2)17-29)34(31,32)24-12-11-21(20-9-7-6-8-10-20)13-22(24)33-23(18)15-27(5)25(30)16-26(3)4/h9,11-13,18-19,23,29H,6-8,10,14-17H2,1-5H3/t18-,19+,23+/m0/s1. The van der Waals surface area contributed by atoms with Crippen molar-refractivity contribution >= 4 is 21.5 Å². The van der Waals surface area contributed by atoms with E-state index in [1.807, 2.05) is 38.1 Å². The van der Waals surface area contributed by atoms with E-state index in [-0.39, 0.29) is 36.4 Å². The molecule has 0 saturated heterocycles. The van der Waals surface area contributed by atoms with Gasteiger partial charge in [0.1, 0.15) is 16.7 Å². The van der Waals surface area contributed by atoms with Gasteiger partial charge in [-0.05, 0) is 70.0 Å². The number of amides is 1. The number of aliphatic hydroxyl groups excluding tert-OH is 1. The van der Waals surface area contributed by atoms with Crippen LogP contribution in [0, 0.1) is 5.92 Å². The zero-order valence-electron chi connectivity index (χ0n) is 21.0. The number of likely N-dealkylation sites (N-methyl/N-ethyl adjacent to an activating group) is 2. The molecule has 2 aliphatic rings. The van der Waals surface area contributed by atoms with Gasteiger partial charge in [0, 0.05) is 25.6 Å². The van der Waals surface area contributed by atoms with Crippen LogP contribution in [0.1, 0.15) is 45.1 Å². The lowest BCUT2D eigenvalue weighted by molar-refractivity contribution is -0.132. The van der Waals surface area contributed by atoms with Crippen LogP contribution in [-0.2, 0) is 14.8 Å². The second kappa shape index (κ2) is 11.2. The molecule has 0 fully saturated rings. The van der Waals surface area contributed by atoms with Crippen LogP contribution in [-0.4, -0.2) is 93.1 Å². The normalized spacial score (nSPS) is 23.8. The first-order valence-electron chi connectivity index (χ1n) is 12.1. The van der Waals surface area contributed by atoms with Gasteiger partial charge in [0.05, 0.1) is 19.7 Å². The lowest BCUT2D eigenvalue weighted by atomic mass is 9.93. The number of benzene rings is 1. The van der Waals surface area contributed by atoms with Crippen LogP contribution in [0.15, 0.2) is 29.2 Å². The fourth-order valence-corrected chi connectivity index (χ4v) is 6.33. The molecule has 0 bridgehead atoms. The van der Waals surface area contributed by atoms with Crippen LogP contribution in [0.3, 0.4) is 0 Å². The van der Waals surface area contributed by atoms with Crippen molar-refractivity contribution in [1.29, 1.82) is 0 Å². The molecule has 34 heavy (non-hydrogen) atoms. The lowest BCUT2D eigenvalue weighted by Crippen LogP contribution is -2.50. The Morgan fingerprint density at radius 3 is 2.62 bits per heavy atom. The molecule has 1 aromatic rings. The highest BCUT2D eigenvalue weighted by Crippen LogP contribution is 2.37. The van der Waals surface area contributed by atoms with Crippen molar-refractivity contribution in [2.24, 2.45) is 5.92 Å². The molecule has 0 radical (unpaired) electrons. The Hall–Kier alpha value is -1.94. The van der Waals surface area contributed by atoms with Gasteiger partial charge in [-0.15, -0.1) is 0 Å². The average Bonchev–Trinajstić information content (AvgIpc) is 2.80. The average molecular weight is 494 g/mol. The Bertz CT molecular complexity index is 1010. The molecule has 1 N–H and O–H groups in total. The first-order chi connectivity index (χ1) is 16.0. The van der Waals surface area contributed by atoms with Gasteiger partial charge in [-0.3, -0.25) is 4.79 Å². The first kappa shape index (κ1) is 26.7. The molecule has 0 aromatic heterocycles. The Labute approximate surface area is 204 Å². The van der Waals surface area contributed by atoms with Crippen molar-refractivity contribution in [1.82, 2.24) is 14.1 Å². The Morgan fingerprint density at radius 1 is 1.26 bits per heavy atom. The number of allylic oxidation sites excluding steroid dienone is 2. The minimum absolute atomic E-state index is 0.0302. The van der Waals surface area contributed by atoms with Crippen LogP contribution in [0.2, 0.25) is 0 Å². The molecular formula is C25H39N3O5S. The number of ether oxygens (including phenoxy) is 1. The van der Waals surface area contributed by atoms with E-state index in [0.717, 1.165) is 24.8 Å². The third kappa shape index (κ3) is 6.00. The minimum atomic E-state index is -3.88. The first-order valence-corrected chi connectivity index (χ1v) is 13.5. The molecule has 3 atom stereocenters. The van der Waals surface area contributed by atoms with Crippen LogP contribution < -0.4 is 4.74 Å². The summed E-state index contributed by atoms with van der Waals surface area (Å²) in [6.07, 6.45) is 6.07. The van der Waals surface area contributed by atoms with Crippen molar-refractivity contribution in [3.8, 4) is 5.75 Å². The molecule has 1 aliphatic heterocycles. The number of rotatable bonds is 7. The van der Waals surface area contributed by atoms with E-state index < -0.39 is 22.2 Å². The smallest absolute Gasteiger partial charge is 0.247 e. The quantitative estimate of drug-likeness (QED) is 0.628. The summed E-state index contributed by atoms with van der Waals surface area (Å²) in [5, 5.41) is 9.80. The number of carbonyl (C=O) groups excluding carboxylic acids is 1. The van der Waals surface area contributed by atoms with Gasteiger partial charge >= 0.3 is 0 Å². The van der Waals surface area contributed by atoms with Gasteiger partial charge in [0.15, 0.2) is 0 Å². The fourth-order valence-electron chi connectivity index (χ4n) is 4.51. The topological polar surface area (TPSA) is 90.4 Å². The van der Waals surface area contributed by atoms with Crippen LogP contribution in [0.25, 0.3) is 5.57 Å². The van der Waals surface area contributed by atoms with Gasteiger partial charge in [0.25, 0.3) is 0 Å². The van der Waals surface area contributed by atoms with Gasteiger partial charge < -0.3 is 19.6 Å². The Kier molecular flexibility index (Phi) is 8.78. The van der Waals surface area contributed by atoms with Crippen LogP contribution in [0.5, 0.6) is 5.75 Å². The summed E-state index contributed by atoms with van der Waals surface area (Å²) >= 11 is 0. The third-order valence-electron chi connectivity index (χ3n) is 6.66. The number of aliphatic hydroxyl groups is 1. The number of hydrogen-bond donors (Lipinski definition) is 1. The van der Waals surface area contributed by atoms with Gasteiger partial charge in [-0.2, -0.15) is 4.31 Å². The second-order valence-corrected chi connectivity index (χ2v) is 11.7. The summed E-state index contributed by atoms with van der Waals surface area (Å²) in [6, 6.07) is 4.73. The van der Waals surface area contributed by atoms with Crippen molar-refractivity contribution in [3.05, 3.63) is 29.8 Å². The summed E-state index contributed by atoms with van der Waals surface area (Å²) in [4.78, 5) is 16.2. The second-order valence-electron chi connectivity index (χ2n) is 9.89. The molecule has 1 aromatic carbocycles. The van der Waals surface area contributed by atoms with Crippen molar-refractivity contribution < 1.29 is 23.1 Å². The minimum Gasteiger partial charge on any atom is -0.487 e. The highest BCUT2D eigenvalue weighted by atomic mass is 32.2.